The molecule has 1 aromatic carbocycles. The monoisotopic (exact) mass is 271 g/mol. The van der Waals surface area contributed by atoms with Crippen LogP contribution in [-0.2, 0) is 4.79 Å². The van der Waals surface area contributed by atoms with Crippen molar-refractivity contribution in [1.29, 1.82) is 0 Å². The van der Waals surface area contributed by atoms with Crippen LogP contribution in [0.1, 0.15) is 19.8 Å². The molecule has 1 rings (SSSR count). The summed E-state index contributed by atoms with van der Waals surface area (Å²) in [4.78, 5) is 11.3. The molecule has 5 heteroatoms. The molecule has 1 amide bonds. The van der Waals surface area contributed by atoms with Gasteiger partial charge >= 0.3 is 0 Å². The van der Waals surface area contributed by atoms with Crippen LogP contribution in [0.5, 0.6) is 5.75 Å². The molecule has 0 radical (unpaired) electrons. The van der Waals surface area contributed by atoms with E-state index in [0.717, 1.165) is 0 Å². The number of hydrogen-bond acceptors (Lipinski definition) is 3. The van der Waals surface area contributed by atoms with Gasteiger partial charge in [-0.25, -0.2) is 0 Å². The molecule has 0 aliphatic rings. The number of amides is 1. The van der Waals surface area contributed by atoms with E-state index in [2.05, 4.69) is 5.32 Å². The van der Waals surface area contributed by atoms with Gasteiger partial charge in [0, 0.05) is 13.0 Å². The fraction of sp³-hybridized carbons (Fsp3) is 0.462. The minimum Gasteiger partial charge on any atom is -0.492 e. The Bertz CT molecular complexity index is 382. The maximum atomic E-state index is 11.3. The molecule has 0 aliphatic heterocycles. The highest BCUT2D eigenvalue weighted by molar-refractivity contribution is 6.32. The summed E-state index contributed by atoms with van der Waals surface area (Å²) >= 11 is 5.92. The Hall–Kier alpha value is -1.26. The van der Waals surface area contributed by atoms with Gasteiger partial charge in [-0.15, -0.1) is 0 Å². The summed E-state index contributed by atoms with van der Waals surface area (Å²) in [5, 5.41) is 12.2. The molecule has 2 N–H and O–H groups in total. The molecule has 0 heterocycles. The number of aliphatic hydroxyl groups excluding tert-OH is 1. The van der Waals surface area contributed by atoms with Gasteiger partial charge < -0.3 is 15.2 Å². The number of nitrogens with one attached hydrogen (secondary N) is 1. The lowest BCUT2D eigenvalue weighted by Crippen LogP contribution is -2.30. The molecule has 1 atom stereocenters. The third-order valence-corrected chi connectivity index (χ3v) is 2.55. The van der Waals surface area contributed by atoms with Crippen molar-refractivity contribution >= 4 is 17.5 Å². The number of ether oxygens (including phenoxy) is 1. The molecule has 4 nitrogen and oxygen atoms in total. The van der Waals surface area contributed by atoms with Gasteiger partial charge in [0.1, 0.15) is 5.75 Å². The zero-order valence-corrected chi connectivity index (χ0v) is 11.1. The SMILES string of the molecule is CC(O)CNC(=O)CCCOc1ccccc1Cl. The highest BCUT2D eigenvalue weighted by Crippen LogP contribution is 2.23. The lowest BCUT2D eigenvalue weighted by Gasteiger charge is -2.08. The van der Waals surface area contributed by atoms with Gasteiger partial charge in [-0.05, 0) is 25.5 Å². The van der Waals surface area contributed by atoms with Gasteiger partial charge in [0.05, 0.1) is 17.7 Å². The summed E-state index contributed by atoms with van der Waals surface area (Å²) < 4.78 is 5.45. The van der Waals surface area contributed by atoms with Crippen molar-refractivity contribution in [2.24, 2.45) is 0 Å². The molecule has 1 aromatic rings. The normalized spacial score (nSPS) is 11.9. The molecule has 0 fully saturated rings. The molecule has 18 heavy (non-hydrogen) atoms. The summed E-state index contributed by atoms with van der Waals surface area (Å²) in [6.07, 6.45) is 0.460. The van der Waals surface area contributed by atoms with Crippen molar-refractivity contribution in [1.82, 2.24) is 5.32 Å². The largest absolute Gasteiger partial charge is 0.492 e. The van der Waals surface area contributed by atoms with E-state index in [9.17, 15) is 4.79 Å². The van der Waals surface area contributed by atoms with Gasteiger partial charge in [0.25, 0.3) is 0 Å². The Morgan fingerprint density at radius 1 is 1.50 bits per heavy atom. The van der Waals surface area contributed by atoms with Crippen LogP contribution in [0.25, 0.3) is 0 Å². The van der Waals surface area contributed by atoms with Gasteiger partial charge in [0.2, 0.25) is 5.91 Å². The number of para-hydroxylation sites is 1. The maximum Gasteiger partial charge on any atom is 0.220 e. The highest BCUT2D eigenvalue weighted by Gasteiger charge is 2.04. The van der Waals surface area contributed by atoms with Gasteiger partial charge in [-0.2, -0.15) is 0 Å². The van der Waals surface area contributed by atoms with Crippen LogP contribution in [0, 0.1) is 0 Å². The standard InChI is InChI=1S/C13H18ClNO3/c1-10(16)9-15-13(17)7-4-8-18-12-6-3-2-5-11(12)14/h2-3,5-6,10,16H,4,7-9H2,1H3,(H,15,17). The van der Waals surface area contributed by atoms with Crippen LogP contribution in [-0.4, -0.2) is 30.3 Å². The number of hydrogen-bond donors (Lipinski definition) is 2. The number of carbonyl (C=O) groups is 1. The number of aliphatic hydroxyl groups is 1. The Morgan fingerprint density at radius 3 is 2.89 bits per heavy atom. The molecule has 0 saturated carbocycles. The fourth-order valence-corrected chi connectivity index (χ4v) is 1.52. The molecular formula is C13H18ClNO3. The van der Waals surface area contributed by atoms with Crippen molar-refractivity contribution in [3.05, 3.63) is 29.3 Å². The summed E-state index contributed by atoms with van der Waals surface area (Å²) in [6, 6.07) is 7.22. The Balaban J connectivity index is 2.15. The fourth-order valence-electron chi connectivity index (χ4n) is 1.33. The average molecular weight is 272 g/mol. The Kier molecular flexibility index (Phi) is 6.54. The average Bonchev–Trinajstić information content (AvgIpc) is 2.34. The third-order valence-electron chi connectivity index (χ3n) is 2.24. The van der Waals surface area contributed by atoms with E-state index in [4.69, 9.17) is 21.4 Å². The van der Waals surface area contributed by atoms with Crippen LogP contribution >= 0.6 is 11.6 Å². The molecule has 0 spiro atoms. The second kappa shape index (κ2) is 7.95. The molecule has 1 unspecified atom stereocenters. The Labute approximate surface area is 112 Å². The van der Waals surface area contributed by atoms with E-state index in [1.807, 2.05) is 12.1 Å². The molecule has 0 bridgehead atoms. The van der Waals surface area contributed by atoms with Gasteiger partial charge in [-0.1, -0.05) is 23.7 Å². The minimum absolute atomic E-state index is 0.0846. The summed E-state index contributed by atoms with van der Waals surface area (Å²) in [5.74, 6) is 0.544. The second-order valence-corrected chi connectivity index (χ2v) is 4.44. The van der Waals surface area contributed by atoms with Crippen molar-refractivity contribution in [2.45, 2.75) is 25.9 Å². The smallest absolute Gasteiger partial charge is 0.220 e. The zero-order valence-electron chi connectivity index (χ0n) is 10.4. The van der Waals surface area contributed by atoms with E-state index in [1.165, 1.54) is 0 Å². The minimum atomic E-state index is -0.520. The first kappa shape index (κ1) is 14.8. The summed E-state index contributed by atoms with van der Waals surface area (Å²) in [5.41, 5.74) is 0. The van der Waals surface area contributed by atoms with Crippen molar-refractivity contribution in [3.63, 3.8) is 0 Å². The first-order chi connectivity index (χ1) is 8.59. The highest BCUT2D eigenvalue weighted by atomic mass is 35.5. The number of carbonyl (C=O) groups excluding carboxylic acids is 1. The van der Waals surface area contributed by atoms with Crippen molar-refractivity contribution < 1.29 is 14.6 Å². The van der Waals surface area contributed by atoms with E-state index >= 15 is 0 Å². The topological polar surface area (TPSA) is 58.6 Å². The van der Waals surface area contributed by atoms with Crippen LogP contribution in [0.4, 0.5) is 0 Å². The van der Waals surface area contributed by atoms with E-state index in [0.29, 0.717) is 30.2 Å². The lowest BCUT2D eigenvalue weighted by molar-refractivity contribution is -0.121. The molecule has 0 aliphatic carbocycles. The first-order valence-electron chi connectivity index (χ1n) is 5.91. The molecule has 0 aromatic heterocycles. The van der Waals surface area contributed by atoms with Crippen molar-refractivity contribution in [2.75, 3.05) is 13.2 Å². The predicted octanol–water partition coefficient (Wildman–Crippen LogP) is 2.00. The third kappa shape index (κ3) is 5.89. The van der Waals surface area contributed by atoms with E-state index in [1.54, 1.807) is 19.1 Å². The quantitative estimate of drug-likeness (QED) is 0.746. The molecular weight excluding hydrogens is 254 g/mol. The summed E-state index contributed by atoms with van der Waals surface area (Å²) in [7, 11) is 0. The lowest BCUT2D eigenvalue weighted by atomic mass is 10.3. The van der Waals surface area contributed by atoms with E-state index in [-0.39, 0.29) is 12.5 Å². The Morgan fingerprint density at radius 2 is 2.22 bits per heavy atom. The van der Waals surface area contributed by atoms with Crippen LogP contribution in [0.3, 0.4) is 0 Å². The van der Waals surface area contributed by atoms with Crippen LogP contribution in [0.15, 0.2) is 24.3 Å². The van der Waals surface area contributed by atoms with Crippen LogP contribution < -0.4 is 10.1 Å². The maximum absolute atomic E-state index is 11.3. The number of benzene rings is 1. The first-order valence-corrected chi connectivity index (χ1v) is 6.29. The predicted molar refractivity (Wildman–Crippen MR) is 70.9 cm³/mol. The number of rotatable bonds is 7. The van der Waals surface area contributed by atoms with Crippen molar-refractivity contribution in [3.8, 4) is 5.75 Å². The van der Waals surface area contributed by atoms with Gasteiger partial charge in [0.15, 0.2) is 0 Å². The second-order valence-electron chi connectivity index (χ2n) is 4.04. The van der Waals surface area contributed by atoms with E-state index < -0.39 is 6.10 Å². The zero-order chi connectivity index (χ0) is 13.4. The molecule has 100 valence electrons. The molecule has 0 saturated heterocycles. The van der Waals surface area contributed by atoms with Gasteiger partial charge in [-0.3, -0.25) is 4.79 Å². The number of halogens is 1. The van der Waals surface area contributed by atoms with Crippen LogP contribution in [0.2, 0.25) is 5.02 Å². The summed E-state index contributed by atoms with van der Waals surface area (Å²) in [6.45, 7) is 2.34.